The van der Waals surface area contributed by atoms with Gasteiger partial charge in [0.2, 0.25) is 0 Å². The molecule has 0 aliphatic rings. The molecule has 0 aliphatic heterocycles. The number of halogens is 2. The Labute approximate surface area is 129 Å². The van der Waals surface area contributed by atoms with Crippen LogP contribution in [0.25, 0.3) is 0 Å². The summed E-state index contributed by atoms with van der Waals surface area (Å²) in [6, 6.07) is 13.5. The van der Waals surface area contributed by atoms with Crippen molar-refractivity contribution in [1.29, 1.82) is 0 Å². The van der Waals surface area contributed by atoms with Crippen molar-refractivity contribution < 1.29 is 4.74 Å². The van der Waals surface area contributed by atoms with Gasteiger partial charge in [-0.1, -0.05) is 47.5 Å². The first-order chi connectivity index (χ1) is 9.70. The Balaban J connectivity index is 2.04. The molecule has 0 amide bonds. The van der Waals surface area contributed by atoms with Gasteiger partial charge in [-0.25, -0.2) is 0 Å². The van der Waals surface area contributed by atoms with Gasteiger partial charge in [-0.2, -0.15) is 0 Å². The van der Waals surface area contributed by atoms with E-state index in [1.165, 1.54) is 5.56 Å². The number of aryl methyl sites for hydroxylation is 1. The standard InChI is InChI=1S/C16H17Cl2NO/c17-14-8-7-12(10-15(14)18)11-20-16-6-2-1-4-13(16)5-3-9-19/h1-2,4,6-8,10H,3,5,9,11,19H2. The third kappa shape index (κ3) is 4.14. The van der Waals surface area contributed by atoms with Crippen LogP contribution in [-0.2, 0) is 13.0 Å². The van der Waals surface area contributed by atoms with Crippen LogP contribution in [0, 0.1) is 0 Å². The topological polar surface area (TPSA) is 35.2 Å². The van der Waals surface area contributed by atoms with Crippen LogP contribution in [0.2, 0.25) is 10.0 Å². The maximum atomic E-state index is 5.99. The number of para-hydroxylation sites is 1. The quantitative estimate of drug-likeness (QED) is 0.854. The smallest absolute Gasteiger partial charge is 0.122 e. The zero-order valence-corrected chi connectivity index (χ0v) is 12.6. The number of hydrogen-bond acceptors (Lipinski definition) is 2. The van der Waals surface area contributed by atoms with Gasteiger partial charge in [-0.05, 0) is 48.7 Å². The fourth-order valence-electron chi connectivity index (χ4n) is 1.93. The Bertz CT molecular complexity index is 572. The van der Waals surface area contributed by atoms with E-state index in [-0.39, 0.29) is 0 Å². The molecule has 0 fully saturated rings. The molecule has 0 bridgehead atoms. The number of rotatable bonds is 6. The number of ether oxygens (including phenoxy) is 1. The highest BCUT2D eigenvalue weighted by Crippen LogP contribution is 2.24. The minimum atomic E-state index is 0.469. The second-order valence-corrected chi connectivity index (χ2v) is 5.35. The van der Waals surface area contributed by atoms with Crippen LogP contribution in [0.3, 0.4) is 0 Å². The van der Waals surface area contributed by atoms with E-state index in [1.807, 2.05) is 30.3 Å². The molecule has 0 aromatic heterocycles. The van der Waals surface area contributed by atoms with E-state index in [0.717, 1.165) is 24.2 Å². The summed E-state index contributed by atoms with van der Waals surface area (Å²) in [6.07, 6.45) is 1.88. The van der Waals surface area contributed by atoms with Gasteiger partial charge in [-0.3, -0.25) is 0 Å². The number of hydrogen-bond donors (Lipinski definition) is 1. The summed E-state index contributed by atoms with van der Waals surface area (Å²) in [7, 11) is 0. The molecule has 0 unspecified atom stereocenters. The third-order valence-corrected chi connectivity index (χ3v) is 3.74. The summed E-state index contributed by atoms with van der Waals surface area (Å²) >= 11 is 11.9. The molecule has 0 radical (unpaired) electrons. The van der Waals surface area contributed by atoms with E-state index < -0.39 is 0 Å². The van der Waals surface area contributed by atoms with Gasteiger partial charge >= 0.3 is 0 Å². The first-order valence-electron chi connectivity index (χ1n) is 6.55. The molecule has 0 saturated heterocycles. The summed E-state index contributed by atoms with van der Waals surface area (Å²) in [4.78, 5) is 0. The van der Waals surface area contributed by atoms with Gasteiger partial charge in [0.25, 0.3) is 0 Å². The molecule has 2 rings (SSSR count). The van der Waals surface area contributed by atoms with Crippen molar-refractivity contribution in [3.05, 3.63) is 63.6 Å². The van der Waals surface area contributed by atoms with Gasteiger partial charge < -0.3 is 10.5 Å². The minimum absolute atomic E-state index is 0.469. The summed E-state index contributed by atoms with van der Waals surface area (Å²) in [5.74, 6) is 0.895. The van der Waals surface area contributed by atoms with E-state index in [1.54, 1.807) is 6.07 Å². The molecule has 4 heteroatoms. The lowest BCUT2D eigenvalue weighted by molar-refractivity contribution is 0.303. The van der Waals surface area contributed by atoms with Crippen LogP contribution in [0.4, 0.5) is 0 Å². The van der Waals surface area contributed by atoms with E-state index in [2.05, 4.69) is 6.07 Å². The second kappa shape index (κ2) is 7.53. The third-order valence-electron chi connectivity index (χ3n) is 3.00. The van der Waals surface area contributed by atoms with Gasteiger partial charge in [0.15, 0.2) is 0 Å². The molecular weight excluding hydrogens is 293 g/mol. The Morgan fingerprint density at radius 2 is 1.80 bits per heavy atom. The van der Waals surface area contributed by atoms with Crippen LogP contribution in [0.15, 0.2) is 42.5 Å². The molecule has 2 N–H and O–H groups in total. The van der Waals surface area contributed by atoms with E-state index >= 15 is 0 Å². The second-order valence-electron chi connectivity index (χ2n) is 4.54. The van der Waals surface area contributed by atoms with E-state index in [0.29, 0.717) is 23.2 Å². The number of benzene rings is 2. The first kappa shape index (κ1) is 15.2. The van der Waals surface area contributed by atoms with Crippen molar-refractivity contribution >= 4 is 23.2 Å². The lowest BCUT2D eigenvalue weighted by atomic mass is 10.1. The highest BCUT2D eigenvalue weighted by Gasteiger charge is 2.04. The van der Waals surface area contributed by atoms with E-state index in [9.17, 15) is 0 Å². The van der Waals surface area contributed by atoms with Crippen LogP contribution in [-0.4, -0.2) is 6.54 Å². The lowest BCUT2D eigenvalue weighted by Crippen LogP contribution is -2.03. The summed E-state index contributed by atoms with van der Waals surface area (Å²) in [5, 5.41) is 1.10. The molecule has 2 nitrogen and oxygen atoms in total. The molecule has 20 heavy (non-hydrogen) atoms. The van der Waals surface area contributed by atoms with Gasteiger partial charge in [0, 0.05) is 0 Å². The molecule has 0 heterocycles. The Hall–Kier alpha value is -1.22. The monoisotopic (exact) mass is 309 g/mol. The molecule has 2 aromatic rings. The van der Waals surface area contributed by atoms with Gasteiger partial charge in [-0.15, -0.1) is 0 Å². The van der Waals surface area contributed by atoms with E-state index in [4.69, 9.17) is 33.7 Å². The highest BCUT2D eigenvalue weighted by molar-refractivity contribution is 6.42. The maximum Gasteiger partial charge on any atom is 0.122 e. The molecule has 106 valence electrons. The molecule has 0 spiro atoms. The summed E-state index contributed by atoms with van der Waals surface area (Å²) in [5.41, 5.74) is 7.73. The van der Waals surface area contributed by atoms with Crippen molar-refractivity contribution in [2.45, 2.75) is 19.4 Å². The zero-order valence-electron chi connectivity index (χ0n) is 11.1. The van der Waals surface area contributed by atoms with Crippen LogP contribution in [0.5, 0.6) is 5.75 Å². The Morgan fingerprint density at radius 3 is 2.55 bits per heavy atom. The zero-order chi connectivity index (χ0) is 14.4. The summed E-state index contributed by atoms with van der Waals surface area (Å²) in [6.45, 7) is 1.15. The Morgan fingerprint density at radius 1 is 1.00 bits per heavy atom. The van der Waals surface area contributed by atoms with Crippen molar-refractivity contribution in [3.63, 3.8) is 0 Å². The minimum Gasteiger partial charge on any atom is -0.489 e. The highest BCUT2D eigenvalue weighted by atomic mass is 35.5. The molecule has 0 saturated carbocycles. The maximum absolute atomic E-state index is 5.99. The average molecular weight is 310 g/mol. The van der Waals surface area contributed by atoms with Crippen LogP contribution < -0.4 is 10.5 Å². The molecule has 0 atom stereocenters. The SMILES string of the molecule is NCCCc1ccccc1OCc1ccc(Cl)c(Cl)c1. The van der Waals surface area contributed by atoms with Crippen molar-refractivity contribution in [1.82, 2.24) is 0 Å². The molecular formula is C16H17Cl2NO. The average Bonchev–Trinajstić information content (AvgIpc) is 2.47. The van der Waals surface area contributed by atoms with Crippen molar-refractivity contribution in [2.75, 3.05) is 6.54 Å². The largest absolute Gasteiger partial charge is 0.489 e. The fraction of sp³-hybridized carbons (Fsp3) is 0.250. The predicted molar refractivity (Wildman–Crippen MR) is 84.6 cm³/mol. The van der Waals surface area contributed by atoms with Crippen molar-refractivity contribution in [3.8, 4) is 5.75 Å². The van der Waals surface area contributed by atoms with Crippen LogP contribution in [0.1, 0.15) is 17.5 Å². The first-order valence-corrected chi connectivity index (χ1v) is 7.31. The van der Waals surface area contributed by atoms with Gasteiger partial charge in [0.1, 0.15) is 12.4 Å². The fourth-order valence-corrected chi connectivity index (χ4v) is 2.25. The predicted octanol–water partition coefficient (Wildman–Crippen LogP) is 4.46. The lowest BCUT2D eigenvalue weighted by Gasteiger charge is -2.11. The van der Waals surface area contributed by atoms with Crippen molar-refractivity contribution in [2.24, 2.45) is 5.73 Å². The number of nitrogens with two attached hydrogens (primary N) is 1. The van der Waals surface area contributed by atoms with Gasteiger partial charge in [0.05, 0.1) is 10.0 Å². The Kier molecular flexibility index (Phi) is 5.72. The normalized spacial score (nSPS) is 10.6. The molecule has 0 aliphatic carbocycles. The molecule has 2 aromatic carbocycles. The van der Waals surface area contributed by atoms with Crippen LogP contribution >= 0.6 is 23.2 Å². The summed E-state index contributed by atoms with van der Waals surface area (Å²) < 4.78 is 5.87.